The zero-order chi connectivity index (χ0) is 25.8. The lowest BCUT2D eigenvalue weighted by atomic mass is 10.1. The van der Waals surface area contributed by atoms with Crippen molar-refractivity contribution >= 4 is 35.6 Å². The van der Waals surface area contributed by atoms with Gasteiger partial charge in [-0.2, -0.15) is 0 Å². The summed E-state index contributed by atoms with van der Waals surface area (Å²) in [4.78, 5) is 49.8. The van der Waals surface area contributed by atoms with Gasteiger partial charge in [-0.25, -0.2) is 14.5 Å². The van der Waals surface area contributed by atoms with Gasteiger partial charge in [0, 0.05) is 0 Å². The first-order valence-corrected chi connectivity index (χ1v) is 10.9. The molecule has 0 spiro atoms. The molecule has 0 aliphatic carbocycles. The smallest absolute Gasteiger partial charge is 0.335 e. The molecule has 1 heterocycles. The second-order valence-electron chi connectivity index (χ2n) is 7.99. The number of carboxylic acid groups (broad SMARTS) is 1. The van der Waals surface area contributed by atoms with Crippen LogP contribution in [0.25, 0.3) is 6.08 Å². The number of hydrogen-bond donors (Lipinski definition) is 2. The van der Waals surface area contributed by atoms with Gasteiger partial charge in [-0.15, -0.1) is 0 Å². The summed E-state index contributed by atoms with van der Waals surface area (Å²) in [5.74, 6) is -1.76. The number of carbonyl (C=O) groups is 4. The first kappa shape index (κ1) is 24.2. The Morgan fingerprint density at radius 2 is 1.67 bits per heavy atom. The first-order chi connectivity index (χ1) is 17.3. The van der Waals surface area contributed by atoms with Crippen LogP contribution in [0.15, 0.2) is 72.3 Å². The zero-order valence-electron chi connectivity index (χ0n) is 19.5. The number of imide groups is 2. The molecule has 1 fully saturated rings. The fourth-order valence-electron chi connectivity index (χ4n) is 3.55. The van der Waals surface area contributed by atoms with Crippen LogP contribution < -0.4 is 19.7 Å². The second kappa shape index (κ2) is 10.1. The van der Waals surface area contributed by atoms with Gasteiger partial charge >= 0.3 is 12.0 Å². The Kier molecular flexibility index (Phi) is 6.82. The molecule has 0 aromatic heterocycles. The lowest BCUT2D eigenvalue weighted by Gasteiger charge is -2.26. The van der Waals surface area contributed by atoms with E-state index in [0.717, 1.165) is 16.0 Å². The number of nitrogens with zero attached hydrogens (tertiary/aromatic N) is 1. The highest BCUT2D eigenvalue weighted by Gasteiger charge is 2.36. The van der Waals surface area contributed by atoms with E-state index in [2.05, 4.69) is 5.32 Å². The molecule has 3 aromatic rings. The Bertz CT molecular complexity index is 1380. The molecule has 1 aliphatic rings. The number of ether oxygens (including phenoxy) is 2. The van der Waals surface area contributed by atoms with Crippen LogP contribution in [-0.4, -0.2) is 36.0 Å². The van der Waals surface area contributed by atoms with Crippen molar-refractivity contribution in [3.8, 4) is 11.5 Å². The van der Waals surface area contributed by atoms with Gasteiger partial charge in [0.1, 0.15) is 12.2 Å². The molecule has 0 bridgehead atoms. The fourth-order valence-corrected chi connectivity index (χ4v) is 3.55. The van der Waals surface area contributed by atoms with Crippen molar-refractivity contribution < 1.29 is 33.8 Å². The lowest BCUT2D eigenvalue weighted by Crippen LogP contribution is -2.54. The normalized spacial score (nSPS) is 14.6. The molecule has 0 atom stereocenters. The predicted octanol–water partition coefficient (Wildman–Crippen LogP) is 3.95. The van der Waals surface area contributed by atoms with E-state index in [9.17, 15) is 19.2 Å². The molecule has 0 unspecified atom stereocenters. The minimum Gasteiger partial charge on any atom is -0.493 e. The summed E-state index contributed by atoms with van der Waals surface area (Å²) in [6.07, 6.45) is 1.38. The minimum absolute atomic E-state index is 0.172. The van der Waals surface area contributed by atoms with Crippen LogP contribution >= 0.6 is 0 Å². The predicted molar refractivity (Wildman–Crippen MR) is 131 cm³/mol. The summed E-state index contributed by atoms with van der Waals surface area (Å²) >= 11 is 0. The lowest BCUT2D eigenvalue weighted by molar-refractivity contribution is -0.122. The van der Waals surface area contributed by atoms with Crippen molar-refractivity contribution in [3.05, 3.63) is 94.6 Å². The van der Waals surface area contributed by atoms with Gasteiger partial charge in [0.2, 0.25) is 0 Å². The Morgan fingerprint density at radius 3 is 2.31 bits per heavy atom. The van der Waals surface area contributed by atoms with Gasteiger partial charge in [0.15, 0.2) is 11.5 Å². The highest BCUT2D eigenvalue weighted by molar-refractivity contribution is 6.39. The van der Waals surface area contributed by atoms with Crippen LogP contribution in [0.3, 0.4) is 0 Å². The number of aromatic carboxylic acids is 1. The number of anilines is 1. The Balaban J connectivity index is 1.55. The summed E-state index contributed by atoms with van der Waals surface area (Å²) in [6, 6.07) is 17.1. The quantitative estimate of drug-likeness (QED) is 0.383. The van der Waals surface area contributed by atoms with Gasteiger partial charge in [0.25, 0.3) is 11.8 Å². The number of benzene rings is 3. The molecule has 9 heteroatoms. The number of barbiturate groups is 1. The molecule has 2 N–H and O–H groups in total. The SMILES string of the molecule is COc1cc(/C=C2/C(=O)NC(=O)N(c3ccc(C)cc3)C2=O)ccc1OCc1ccc(C(=O)O)cc1. The van der Waals surface area contributed by atoms with Crippen LogP contribution in [0, 0.1) is 6.92 Å². The molecule has 1 aliphatic heterocycles. The van der Waals surface area contributed by atoms with Crippen molar-refractivity contribution in [2.24, 2.45) is 0 Å². The van der Waals surface area contributed by atoms with E-state index < -0.39 is 23.8 Å². The monoisotopic (exact) mass is 486 g/mol. The summed E-state index contributed by atoms with van der Waals surface area (Å²) in [5.41, 5.74) is 2.53. The second-order valence-corrected chi connectivity index (χ2v) is 7.99. The highest BCUT2D eigenvalue weighted by atomic mass is 16.5. The number of urea groups is 1. The van der Waals surface area contributed by atoms with E-state index in [1.165, 1.54) is 25.3 Å². The molecule has 1 saturated heterocycles. The largest absolute Gasteiger partial charge is 0.493 e. The molecule has 4 rings (SSSR count). The van der Waals surface area contributed by atoms with E-state index in [4.69, 9.17) is 14.6 Å². The van der Waals surface area contributed by atoms with Gasteiger partial charge < -0.3 is 14.6 Å². The maximum atomic E-state index is 13.1. The van der Waals surface area contributed by atoms with Crippen molar-refractivity contribution in [2.75, 3.05) is 12.0 Å². The summed E-state index contributed by atoms with van der Waals surface area (Å²) in [7, 11) is 1.46. The number of amides is 4. The number of aryl methyl sites for hydroxylation is 1. The van der Waals surface area contributed by atoms with E-state index >= 15 is 0 Å². The molecule has 4 amide bonds. The third-order valence-corrected chi connectivity index (χ3v) is 5.49. The first-order valence-electron chi connectivity index (χ1n) is 10.9. The standard InChI is InChI=1S/C27H22N2O7/c1-16-3-10-20(11-4-16)29-25(31)21(24(30)28-27(29)34)13-18-7-12-22(23(14-18)35-2)36-15-17-5-8-19(9-6-17)26(32)33/h3-14H,15H2,1-2H3,(H,32,33)(H,28,30,34)/b21-13-. The Hall–Kier alpha value is -4.92. The van der Waals surface area contributed by atoms with E-state index in [1.54, 1.807) is 54.6 Å². The third kappa shape index (κ3) is 5.10. The molecule has 36 heavy (non-hydrogen) atoms. The topological polar surface area (TPSA) is 122 Å². The zero-order valence-corrected chi connectivity index (χ0v) is 19.5. The number of carbonyl (C=O) groups excluding carboxylic acids is 3. The molecule has 9 nitrogen and oxygen atoms in total. The average Bonchev–Trinajstić information content (AvgIpc) is 2.86. The van der Waals surface area contributed by atoms with E-state index in [0.29, 0.717) is 22.7 Å². The maximum absolute atomic E-state index is 13.1. The van der Waals surface area contributed by atoms with Crippen LogP contribution in [0.2, 0.25) is 0 Å². The van der Waals surface area contributed by atoms with Gasteiger partial charge in [-0.3, -0.25) is 14.9 Å². The molecule has 0 radical (unpaired) electrons. The average molecular weight is 486 g/mol. The van der Waals surface area contributed by atoms with Crippen molar-refractivity contribution in [1.29, 1.82) is 0 Å². The number of carboxylic acids is 1. The van der Waals surface area contributed by atoms with Gasteiger partial charge in [-0.05, 0) is 60.5 Å². The number of nitrogens with one attached hydrogen (secondary N) is 1. The molecular formula is C27H22N2O7. The van der Waals surface area contributed by atoms with Crippen molar-refractivity contribution in [3.63, 3.8) is 0 Å². The van der Waals surface area contributed by atoms with Crippen LogP contribution in [0.1, 0.15) is 27.0 Å². The Labute approximate surface area is 206 Å². The molecule has 0 saturated carbocycles. The summed E-state index contributed by atoms with van der Waals surface area (Å²) < 4.78 is 11.2. The highest BCUT2D eigenvalue weighted by Crippen LogP contribution is 2.30. The summed E-state index contributed by atoms with van der Waals surface area (Å²) in [6.45, 7) is 2.05. The van der Waals surface area contributed by atoms with Crippen molar-refractivity contribution in [1.82, 2.24) is 5.32 Å². The van der Waals surface area contributed by atoms with Gasteiger partial charge in [-0.1, -0.05) is 35.9 Å². The van der Waals surface area contributed by atoms with E-state index in [1.807, 2.05) is 6.92 Å². The minimum atomic E-state index is -1.01. The van der Waals surface area contributed by atoms with Crippen LogP contribution in [0.5, 0.6) is 11.5 Å². The number of rotatable bonds is 7. The molecular weight excluding hydrogens is 464 g/mol. The number of hydrogen-bond acceptors (Lipinski definition) is 6. The van der Waals surface area contributed by atoms with Crippen LogP contribution in [-0.2, 0) is 16.2 Å². The fraction of sp³-hybridized carbons (Fsp3) is 0.111. The summed E-state index contributed by atoms with van der Waals surface area (Å²) in [5, 5.41) is 11.2. The van der Waals surface area contributed by atoms with Crippen LogP contribution in [0.4, 0.5) is 10.5 Å². The maximum Gasteiger partial charge on any atom is 0.335 e. The van der Waals surface area contributed by atoms with E-state index in [-0.39, 0.29) is 17.7 Å². The van der Waals surface area contributed by atoms with Crippen molar-refractivity contribution in [2.45, 2.75) is 13.5 Å². The molecule has 3 aromatic carbocycles. The third-order valence-electron chi connectivity index (χ3n) is 5.49. The number of methoxy groups -OCH3 is 1. The van der Waals surface area contributed by atoms with Gasteiger partial charge in [0.05, 0.1) is 18.4 Å². The molecule has 182 valence electrons. The Morgan fingerprint density at radius 1 is 0.972 bits per heavy atom.